The molecule has 7 heteroatoms. The highest BCUT2D eigenvalue weighted by Gasteiger charge is 2.33. The van der Waals surface area contributed by atoms with Gasteiger partial charge in [-0.05, 0) is 31.0 Å². The van der Waals surface area contributed by atoms with E-state index >= 15 is 0 Å². The Morgan fingerprint density at radius 1 is 1.50 bits per heavy atom. The van der Waals surface area contributed by atoms with E-state index < -0.39 is 4.92 Å². The Morgan fingerprint density at radius 3 is 2.65 bits per heavy atom. The van der Waals surface area contributed by atoms with Crippen LogP contribution in [0.5, 0.6) is 0 Å². The number of nitro benzene ring substituents is 1. The lowest BCUT2D eigenvalue weighted by molar-refractivity contribution is -0.384. The van der Waals surface area contributed by atoms with Gasteiger partial charge in [0.25, 0.3) is 5.69 Å². The van der Waals surface area contributed by atoms with Gasteiger partial charge in [0.2, 0.25) is 0 Å². The van der Waals surface area contributed by atoms with Gasteiger partial charge in [-0.2, -0.15) is 12.6 Å². The van der Waals surface area contributed by atoms with Crippen LogP contribution in [-0.4, -0.2) is 33.8 Å². The van der Waals surface area contributed by atoms with E-state index in [1.165, 1.54) is 12.1 Å². The maximum Gasteiger partial charge on any atom is 0.410 e. The summed E-state index contributed by atoms with van der Waals surface area (Å²) < 4.78 is 5.03. The first-order valence-corrected chi connectivity index (χ1v) is 6.69. The Balaban J connectivity index is 1.86. The van der Waals surface area contributed by atoms with Crippen molar-refractivity contribution in [1.29, 1.82) is 0 Å². The van der Waals surface area contributed by atoms with Gasteiger partial charge in [0.1, 0.15) is 6.61 Å². The molecule has 1 aromatic rings. The van der Waals surface area contributed by atoms with Crippen LogP contribution in [0.15, 0.2) is 24.3 Å². The number of amides is 1. The van der Waals surface area contributed by atoms with Crippen molar-refractivity contribution in [2.45, 2.75) is 24.7 Å². The highest BCUT2D eigenvalue weighted by molar-refractivity contribution is 7.81. The molecule has 6 nitrogen and oxygen atoms in total. The zero-order valence-corrected chi connectivity index (χ0v) is 12.0. The van der Waals surface area contributed by atoms with Gasteiger partial charge in [0.15, 0.2) is 0 Å². The Kier molecular flexibility index (Phi) is 4.17. The number of thiol groups is 1. The quantitative estimate of drug-likeness (QED) is 0.528. The number of ether oxygens (including phenoxy) is 1. The maximum absolute atomic E-state index is 11.8. The summed E-state index contributed by atoms with van der Waals surface area (Å²) in [7, 11) is 0. The number of nitrogens with zero attached hydrogens (tertiary/aromatic N) is 2. The van der Waals surface area contributed by atoms with E-state index in [1.807, 2.05) is 6.92 Å². The largest absolute Gasteiger partial charge is 0.445 e. The Bertz CT molecular complexity index is 516. The van der Waals surface area contributed by atoms with Gasteiger partial charge in [0, 0.05) is 30.0 Å². The van der Waals surface area contributed by atoms with Gasteiger partial charge in [-0.15, -0.1) is 0 Å². The molecular formula is C13H16N2O4S. The normalized spacial score (nSPS) is 21.8. The smallest absolute Gasteiger partial charge is 0.410 e. The molecule has 1 atom stereocenters. The van der Waals surface area contributed by atoms with Crippen molar-refractivity contribution in [2.24, 2.45) is 0 Å². The topological polar surface area (TPSA) is 72.7 Å². The summed E-state index contributed by atoms with van der Waals surface area (Å²) >= 11 is 4.46. The molecule has 0 aromatic heterocycles. The first kappa shape index (κ1) is 14.6. The average Bonchev–Trinajstić information content (AvgIpc) is 2.77. The van der Waals surface area contributed by atoms with Crippen LogP contribution in [-0.2, 0) is 11.3 Å². The highest BCUT2D eigenvalue weighted by Crippen LogP contribution is 2.27. The molecule has 108 valence electrons. The molecule has 0 saturated carbocycles. The summed E-state index contributed by atoms with van der Waals surface area (Å²) in [5.41, 5.74) is 0.738. The highest BCUT2D eigenvalue weighted by atomic mass is 32.1. The van der Waals surface area contributed by atoms with Crippen LogP contribution in [0.1, 0.15) is 18.9 Å². The molecule has 0 radical (unpaired) electrons. The minimum absolute atomic E-state index is 0.0189. The second-order valence-corrected chi connectivity index (χ2v) is 6.23. The van der Waals surface area contributed by atoms with E-state index in [1.54, 1.807) is 17.0 Å². The lowest BCUT2D eigenvalue weighted by Crippen LogP contribution is -2.31. The number of hydrogen-bond acceptors (Lipinski definition) is 5. The molecule has 1 amide bonds. The van der Waals surface area contributed by atoms with Crippen molar-refractivity contribution in [1.82, 2.24) is 4.90 Å². The van der Waals surface area contributed by atoms with E-state index in [-0.39, 0.29) is 23.1 Å². The van der Waals surface area contributed by atoms with E-state index in [9.17, 15) is 14.9 Å². The molecule has 2 rings (SSSR count). The number of rotatable bonds is 3. The van der Waals surface area contributed by atoms with E-state index in [4.69, 9.17) is 4.74 Å². The van der Waals surface area contributed by atoms with E-state index in [2.05, 4.69) is 12.6 Å². The summed E-state index contributed by atoms with van der Waals surface area (Å²) in [4.78, 5) is 23.5. The predicted octanol–water partition coefficient (Wildman–Crippen LogP) is 2.63. The second kappa shape index (κ2) is 5.70. The molecule has 0 unspecified atom stereocenters. The first-order chi connectivity index (χ1) is 9.37. The van der Waals surface area contributed by atoms with Gasteiger partial charge in [0.05, 0.1) is 4.92 Å². The van der Waals surface area contributed by atoms with Gasteiger partial charge >= 0.3 is 6.09 Å². The van der Waals surface area contributed by atoms with Gasteiger partial charge in [-0.3, -0.25) is 10.1 Å². The summed E-state index contributed by atoms with van der Waals surface area (Å²) in [5, 5.41) is 10.5. The van der Waals surface area contributed by atoms with Crippen molar-refractivity contribution in [3.63, 3.8) is 0 Å². The lowest BCUT2D eigenvalue weighted by Gasteiger charge is -2.18. The number of carbonyl (C=O) groups is 1. The van der Waals surface area contributed by atoms with Crippen molar-refractivity contribution in [3.05, 3.63) is 39.9 Å². The van der Waals surface area contributed by atoms with Crippen LogP contribution in [0.4, 0.5) is 10.5 Å². The summed E-state index contributed by atoms with van der Waals surface area (Å²) in [6, 6.07) is 5.95. The number of carbonyl (C=O) groups excluding carboxylic acids is 1. The third-order valence-corrected chi connectivity index (χ3v) is 3.58. The molecule has 1 fully saturated rings. The van der Waals surface area contributed by atoms with Crippen molar-refractivity contribution in [2.75, 3.05) is 13.1 Å². The SMILES string of the molecule is C[C@]1(S)CCN(C(=O)OCc2ccc([N+](=O)[O-])cc2)C1. The number of benzene rings is 1. The first-order valence-electron chi connectivity index (χ1n) is 6.25. The van der Waals surface area contributed by atoms with E-state index in [0.717, 1.165) is 12.0 Å². The molecule has 0 aliphatic carbocycles. The molecule has 20 heavy (non-hydrogen) atoms. The van der Waals surface area contributed by atoms with E-state index in [0.29, 0.717) is 13.1 Å². The molecule has 1 aliphatic heterocycles. The molecule has 1 aliphatic rings. The van der Waals surface area contributed by atoms with Crippen LogP contribution in [0.3, 0.4) is 0 Å². The number of hydrogen-bond donors (Lipinski definition) is 1. The van der Waals surface area contributed by atoms with Gasteiger partial charge < -0.3 is 9.64 Å². The molecule has 0 bridgehead atoms. The third kappa shape index (κ3) is 3.63. The Hall–Kier alpha value is -1.76. The third-order valence-electron chi connectivity index (χ3n) is 3.22. The molecule has 0 spiro atoms. The van der Waals surface area contributed by atoms with Gasteiger partial charge in [-0.1, -0.05) is 0 Å². The monoisotopic (exact) mass is 296 g/mol. The van der Waals surface area contributed by atoms with Crippen molar-refractivity contribution < 1.29 is 14.5 Å². The molecule has 1 saturated heterocycles. The summed E-state index contributed by atoms with van der Waals surface area (Å²) in [6.07, 6.45) is 0.462. The average molecular weight is 296 g/mol. The molecule has 0 N–H and O–H groups in total. The second-order valence-electron chi connectivity index (χ2n) is 5.15. The van der Waals surface area contributed by atoms with Crippen LogP contribution in [0.2, 0.25) is 0 Å². The Morgan fingerprint density at radius 2 is 2.15 bits per heavy atom. The fraction of sp³-hybridized carbons (Fsp3) is 0.462. The van der Waals surface area contributed by atoms with Crippen LogP contribution >= 0.6 is 12.6 Å². The number of likely N-dealkylation sites (tertiary alicyclic amines) is 1. The van der Waals surface area contributed by atoms with Crippen LogP contribution < -0.4 is 0 Å². The van der Waals surface area contributed by atoms with Crippen LogP contribution in [0.25, 0.3) is 0 Å². The summed E-state index contributed by atoms with van der Waals surface area (Å²) in [5.74, 6) is 0. The number of non-ortho nitro benzene ring substituents is 1. The van der Waals surface area contributed by atoms with Crippen molar-refractivity contribution in [3.8, 4) is 0 Å². The fourth-order valence-electron chi connectivity index (χ4n) is 2.05. The minimum atomic E-state index is -0.465. The standard InChI is InChI=1S/C13H16N2O4S/c1-13(20)6-7-14(9-13)12(16)19-8-10-2-4-11(5-3-10)15(17)18/h2-5,20H,6-9H2,1H3/t13-/m0/s1. The van der Waals surface area contributed by atoms with Crippen LogP contribution in [0, 0.1) is 10.1 Å². The predicted molar refractivity (Wildman–Crippen MR) is 76.9 cm³/mol. The van der Waals surface area contributed by atoms with Crippen molar-refractivity contribution >= 4 is 24.4 Å². The minimum Gasteiger partial charge on any atom is -0.445 e. The molecule has 1 aromatic carbocycles. The van der Waals surface area contributed by atoms with Gasteiger partial charge in [-0.25, -0.2) is 4.79 Å². The molecule has 1 heterocycles. The number of nitro groups is 1. The molecular weight excluding hydrogens is 280 g/mol. The Labute approximate surface area is 122 Å². The lowest BCUT2D eigenvalue weighted by atomic mass is 10.1. The zero-order valence-electron chi connectivity index (χ0n) is 11.1. The summed E-state index contributed by atoms with van der Waals surface area (Å²) in [6.45, 7) is 3.30. The fourth-order valence-corrected chi connectivity index (χ4v) is 2.32. The zero-order chi connectivity index (χ0) is 14.8. The maximum atomic E-state index is 11.8.